The van der Waals surface area contributed by atoms with E-state index in [0.717, 1.165) is 16.5 Å². The van der Waals surface area contributed by atoms with Gasteiger partial charge in [0.15, 0.2) is 0 Å². The number of halogens is 1. The molecule has 1 atom stereocenters. The third-order valence-electron chi connectivity index (χ3n) is 4.50. The van der Waals surface area contributed by atoms with Crippen molar-refractivity contribution in [3.05, 3.63) is 64.8 Å². The fraction of sp³-hybridized carbons (Fsp3) is 0.263. The lowest BCUT2D eigenvalue weighted by Gasteiger charge is -2.24. The lowest BCUT2D eigenvalue weighted by Crippen LogP contribution is -2.34. The van der Waals surface area contributed by atoms with Gasteiger partial charge in [-0.3, -0.25) is 0 Å². The first kappa shape index (κ1) is 19.1. The van der Waals surface area contributed by atoms with Crippen LogP contribution in [0.2, 0.25) is 0 Å². The van der Waals surface area contributed by atoms with Crippen LogP contribution in [0.3, 0.4) is 0 Å². The van der Waals surface area contributed by atoms with Gasteiger partial charge in [-0.15, -0.1) is 0 Å². The zero-order chi connectivity index (χ0) is 18.9. The second-order valence-corrected chi connectivity index (χ2v) is 9.06. The maximum atomic E-state index is 12.7. The highest BCUT2D eigenvalue weighted by Gasteiger charge is 2.23. The van der Waals surface area contributed by atoms with Crippen LogP contribution in [-0.2, 0) is 17.1 Å². The van der Waals surface area contributed by atoms with Crippen LogP contribution in [-0.4, -0.2) is 38.5 Å². The zero-order valence-corrected chi connectivity index (χ0v) is 17.4. The minimum Gasteiger partial charge on any atom is -0.350 e. The second-order valence-electron chi connectivity index (χ2n) is 6.47. The lowest BCUT2D eigenvalue weighted by atomic mass is 10.1. The molecule has 3 rings (SSSR count). The van der Waals surface area contributed by atoms with E-state index in [1.165, 1.54) is 0 Å². The van der Waals surface area contributed by atoms with Gasteiger partial charge in [0, 0.05) is 41.2 Å². The van der Waals surface area contributed by atoms with Crippen LogP contribution in [0, 0.1) is 0 Å². The summed E-state index contributed by atoms with van der Waals surface area (Å²) in [4.78, 5) is 2.28. The Balaban J connectivity index is 1.91. The van der Waals surface area contributed by atoms with Crippen LogP contribution in [0.1, 0.15) is 11.6 Å². The van der Waals surface area contributed by atoms with Gasteiger partial charge in [-0.1, -0.05) is 30.3 Å². The van der Waals surface area contributed by atoms with Gasteiger partial charge in [0.2, 0.25) is 10.0 Å². The number of para-hydroxylation sites is 1. The highest BCUT2D eigenvalue weighted by Crippen LogP contribution is 2.29. The first-order valence-electron chi connectivity index (χ1n) is 8.26. The molecule has 2 aromatic carbocycles. The molecule has 1 heterocycles. The number of benzene rings is 2. The zero-order valence-electron chi connectivity index (χ0n) is 15.0. The molecule has 5 nitrogen and oxygen atoms in total. The predicted octanol–water partition coefficient (Wildman–Crippen LogP) is 3.52. The molecule has 0 radical (unpaired) electrons. The van der Waals surface area contributed by atoms with E-state index in [2.05, 4.69) is 43.5 Å². The van der Waals surface area contributed by atoms with Crippen LogP contribution in [0.5, 0.6) is 0 Å². The number of likely N-dealkylation sites (N-methyl/N-ethyl adjacent to an activating group) is 1. The average molecular weight is 436 g/mol. The molecule has 0 aliphatic heterocycles. The second kappa shape index (κ2) is 7.52. The number of fused-ring (bicyclic) bond motifs is 1. The predicted molar refractivity (Wildman–Crippen MR) is 109 cm³/mol. The van der Waals surface area contributed by atoms with Gasteiger partial charge in [0.1, 0.15) is 0 Å². The van der Waals surface area contributed by atoms with Gasteiger partial charge in [-0.25, -0.2) is 13.1 Å². The summed E-state index contributed by atoms with van der Waals surface area (Å²) in [5.41, 5.74) is 2.23. The molecule has 0 spiro atoms. The number of aromatic nitrogens is 1. The van der Waals surface area contributed by atoms with Gasteiger partial charge < -0.3 is 9.47 Å². The summed E-state index contributed by atoms with van der Waals surface area (Å²) in [6.45, 7) is 0.282. The van der Waals surface area contributed by atoms with Crippen molar-refractivity contribution in [2.24, 2.45) is 7.05 Å². The number of hydrogen-bond acceptors (Lipinski definition) is 3. The van der Waals surface area contributed by atoms with E-state index in [1.807, 2.05) is 38.2 Å². The van der Waals surface area contributed by atoms with Crippen LogP contribution in [0.15, 0.2) is 64.1 Å². The van der Waals surface area contributed by atoms with E-state index < -0.39 is 10.0 Å². The molecule has 0 saturated heterocycles. The first-order chi connectivity index (χ1) is 12.3. The Bertz CT molecular complexity index is 1030. The summed E-state index contributed by atoms with van der Waals surface area (Å²) >= 11 is 3.32. The molecule has 0 bridgehead atoms. The minimum atomic E-state index is -3.60. The molecule has 1 N–H and O–H groups in total. The fourth-order valence-electron chi connectivity index (χ4n) is 3.14. The third kappa shape index (κ3) is 3.71. The molecule has 0 amide bonds. The normalized spacial score (nSPS) is 13.4. The molecule has 0 fully saturated rings. The molecule has 0 aliphatic carbocycles. The van der Waals surface area contributed by atoms with Gasteiger partial charge in [-0.05, 0) is 53.8 Å². The van der Waals surface area contributed by atoms with Crippen molar-refractivity contribution < 1.29 is 8.42 Å². The third-order valence-corrected chi connectivity index (χ3v) is 6.94. The highest BCUT2D eigenvalue weighted by molar-refractivity contribution is 9.10. The SMILES string of the molecule is CN(C)C(CNS(=O)(=O)c1ccccc1Br)c1cn(C)c2ccccc12. The molecule has 1 aromatic heterocycles. The molecule has 7 heteroatoms. The standard InChI is InChI=1S/C19H22BrN3O2S/c1-22(2)18(15-13-23(3)17-10-6-4-8-14(15)17)12-21-26(24,25)19-11-7-5-9-16(19)20/h4-11,13,18,21H,12H2,1-3H3. The Hall–Kier alpha value is -1.67. The van der Waals surface area contributed by atoms with Crippen molar-refractivity contribution in [3.63, 3.8) is 0 Å². The Morgan fingerprint density at radius 1 is 1.12 bits per heavy atom. The Morgan fingerprint density at radius 2 is 1.77 bits per heavy atom. The van der Waals surface area contributed by atoms with Gasteiger partial charge in [-0.2, -0.15) is 0 Å². The van der Waals surface area contributed by atoms with E-state index in [-0.39, 0.29) is 17.5 Å². The Kier molecular flexibility index (Phi) is 5.53. The summed E-state index contributed by atoms with van der Waals surface area (Å²) < 4.78 is 30.8. The van der Waals surface area contributed by atoms with Crippen molar-refractivity contribution in [1.82, 2.24) is 14.2 Å². The maximum Gasteiger partial charge on any atom is 0.241 e. The van der Waals surface area contributed by atoms with Crippen molar-refractivity contribution in [2.75, 3.05) is 20.6 Å². The molecule has 26 heavy (non-hydrogen) atoms. The van der Waals surface area contributed by atoms with E-state index in [1.54, 1.807) is 24.3 Å². The quantitative estimate of drug-likeness (QED) is 0.644. The number of aryl methyl sites for hydroxylation is 1. The fourth-order valence-corrected chi connectivity index (χ4v) is 5.18. The summed E-state index contributed by atoms with van der Waals surface area (Å²) in [7, 11) is 2.31. The number of rotatable bonds is 6. The molecule has 1 unspecified atom stereocenters. The van der Waals surface area contributed by atoms with Crippen LogP contribution in [0.4, 0.5) is 0 Å². The van der Waals surface area contributed by atoms with Crippen LogP contribution in [0.25, 0.3) is 10.9 Å². The van der Waals surface area contributed by atoms with Crippen molar-refractivity contribution in [3.8, 4) is 0 Å². The number of nitrogens with one attached hydrogen (secondary N) is 1. The lowest BCUT2D eigenvalue weighted by molar-refractivity contribution is 0.301. The molecular weight excluding hydrogens is 414 g/mol. The molecule has 0 aliphatic rings. The van der Waals surface area contributed by atoms with E-state index in [9.17, 15) is 8.42 Å². The Morgan fingerprint density at radius 3 is 2.46 bits per heavy atom. The van der Waals surface area contributed by atoms with Crippen LogP contribution >= 0.6 is 15.9 Å². The van der Waals surface area contributed by atoms with Crippen molar-refractivity contribution >= 4 is 36.9 Å². The summed E-state index contributed by atoms with van der Waals surface area (Å²) in [6, 6.07) is 14.9. The van der Waals surface area contributed by atoms with Crippen molar-refractivity contribution in [2.45, 2.75) is 10.9 Å². The van der Waals surface area contributed by atoms with E-state index in [4.69, 9.17) is 0 Å². The summed E-state index contributed by atoms with van der Waals surface area (Å²) in [5.74, 6) is 0. The van der Waals surface area contributed by atoms with Crippen LogP contribution < -0.4 is 4.72 Å². The molecular formula is C19H22BrN3O2S. The van der Waals surface area contributed by atoms with Gasteiger partial charge in [0.25, 0.3) is 0 Å². The topological polar surface area (TPSA) is 54.3 Å². The van der Waals surface area contributed by atoms with E-state index >= 15 is 0 Å². The molecule has 3 aromatic rings. The van der Waals surface area contributed by atoms with Crippen molar-refractivity contribution in [1.29, 1.82) is 0 Å². The highest BCUT2D eigenvalue weighted by atomic mass is 79.9. The summed E-state index contributed by atoms with van der Waals surface area (Å²) in [6.07, 6.45) is 2.07. The van der Waals surface area contributed by atoms with Gasteiger partial charge >= 0.3 is 0 Å². The number of nitrogens with zero attached hydrogens (tertiary/aromatic N) is 2. The van der Waals surface area contributed by atoms with Gasteiger partial charge in [0.05, 0.1) is 4.90 Å². The van der Waals surface area contributed by atoms with E-state index in [0.29, 0.717) is 4.47 Å². The molecule has 0 saturated carbocycles. The largest absolute Gasteiger partial charge is 0.350 e. The summed E-state index contributed by atoms with van der Waals surface area (Å²) in [5, 5.41) is 1.13. The smallest absolute Gasteiger partial charge is 0.241 e. The average Bonchev–Trinajstić information content (AvgIpc) is 2.92. The number of sulfonamides is 1. The maximum absolute atomic E-state index is 12.7. The number of hydrogen-bond donors (Lipinski definition) is 1. The minimum absolute atomic E-state index is 0.0848. The Labute approximate surface area is 162 Å². The first-order valence-corrected chi connectivity index (χ1v) is 10.5. The molecule has 138 valence electrons. The monoisotopic (exact) mass is 435 g/mol.